The van der Waals surface area contributed by atoms with E-state index in [0.29, 0.717) is 0 Å². The highest BCUT2D eigenvalue weighted by atomic mass is 32.1. The number of aliphatic hydroxyl groups excluding tert-OH is 2. The molecule has 10 nitrogen and oxygen atoms in total. The molecule has 0 aromatic carbocycles. The van der Waals surface area contributed by atoms with Gasteiger partial charge < -0.3 is 34.5 Å². The van der Waals surface area contributed by atoms with E-state index < -0.39 is 54.8 Å². The Morgan fingerprint density at radius 2 is 1.81 bits per heavy atom. The fourth-order valence-corrected chi connectivity index (χ4v) is 5.71. The second kappa shape index (κ2) is 10.2. The molecule has 3 heterocycles. The number of fused-ring (bicyclic) bond motifs is 1. The molecule has 0 aliphatic carbocycles. The van der Waals surface area contributed by atoms with Crippen LogP contribution in [-0.4, -0.2) is 64.4 Å². The third-order valence-corrected chi connectivity index (χ3v) is 9.39. The van der Waals surface area contributed by atoms with Crippen LogP contribution in [0.25, 0.3) is 11.5 Å². The smallest absolute Gasteiger partial charge is 0.388 e. The SMILES string of the molecule is CCC(C)(C[C@H]1O[C@@H](c2cc3nc(C)c(C(F)(F)F)[nH]c-3nc2=S)[C@@H](O)C1O)OP(=O)(O)C(C)(O)CC. The van der Waals surface area contributed by atoms with Crippen LogP contribution in [0.3, 0.4) is 0 Å². The summed E-state index contributed by atoms with van der Waals surface area (Å²) < 4.78 is 63.7. The van der Waals surface area contributed by atoms with Crippen LogP contribution in [-0.2, 0) is 20.0 Å². The Labute approximate surface area is 216 Å². The average Bonchev–Trinajstić information content (AvgIpc) is 3.05. The first-order valence-corrected chi connectivity index (χ1v) is 13.6. The van der Waals surface area contributed by atoms with E-state index in [-0.39, 0.29) is 46.7 Å². The molecule has 1 fully saturated rings. The van der Waals surface area contributed by atoms with Crippen molar-refractivity contribution in [3.05, 3.63) is 27.7 Å². The van der Waals surface area contributed by atoms with Crippen molar-refractivity contribution in [3.63, 3.8) is 0 Å². The Kier molecular flexibility index (Phi) is 8.31. The van der Waals surface area contributed by atoms with Gasteiger partial charge in [-0.05, 0) is 39.7 Å². The summed E-state index contributed by atoms with van der Waals surface area (Å²) in [6, 6.07) is 1.34. The zero-order valence-electron chi connectivity index (χ0n) is 20.9. The van der Waals surface area contributed by atoms with Crippen molar-refractivity contribution in [1.29, 1.82) is 0 Å². The fraction of sp³-hybridized carbons (Fsp3) is 0.682. The predicted octanol–water partition coefficient (Wildman–Crippen LogP) is 4.01. The van der Waals surface area contributed by atoms with Crippen LogP contribution in [0.15, 0.2) is 6.07 Å². The Bertz CT molecular complexity index is 1230. The van der Waals surface area contributed by atoms with Gasteiger partial charge in [0.05, 0.1) is 17.4 Å². The van der Waals surface area contributed by atoms with Gasteiger partial charge in [0, 0.05) is 12.0 Å². The lowest BCUT2D eigenvalue weighted by molar-refractivity contribution is -0.141. The molecule has 0 radical (unpaired) electrons. The van der Waals surface area contributed by atoms with Gasteiger partial charge in [-0.2, -0.15) is 13.2 Å². The first-order valence-electron chi connectivity index (χ1n) is 11.6. The summed E-state index contributed by atoms with van der Waals surface area (Å²) in [7, 11) is -4.52. The Morgan fingerprint density at radius 3 is 2.35 bits per heavy atom. The van der Waals surface area contributed by atoms with E-state index in [2.05, 4.69) is 15.0 Å². The molecule has 0 saturated carbocycles. The second-order valence-electron chi connectivity index (χ2n) is 9.71. The topological polar surface area (TPSA) is 158 Å². The minimum absolute atomic E-state index is 0.0457. The van der Waals surface area contributed by atoms with Crippen molar-refractivity contribution in [3.8, 4) is 11.5 Å². The summed E-state index contributed by atoms with van der Waals surface area (Å²) >= 11 is 5.24. The Morgan fingerprint density at radius 1 is 1.19 bits per heavy atom. The number of aromatic nitrogens is 3. The molecular formula is C22H31F3N3O7PS. The van der Waals surface area contributed by atoms with Crippen LogP contribution < -0.4 is 0 Å². The van der Waals surface area contributed by atoms with Crippen LogP contribution in [0, 0.1) is 11.6 Å². The number of alkyl halides is 3. The summed E-state index contributed by atoms with van der Waals surface area (Å²) in [5.74, 6) is -0.204. The van der Waals surface area contributed by atoms with Gasteiger partial charge in [-0.3, -0.25) is 4.57 Å². The molecule has 4 unspecified atom stereocenters. The monoisotopic (exact) mass is 569 g/mol. The molecule has 15 heteroatoms. The summed E-state index contributed by atoms with van der Waals surface area (Å²) in [6.07, 6.45) is -9.87. The largest absolute Gasteiger partial charge is 0.433 e. The number of pyridine rings is 1. The van der Waals surface area contributed by atoms with E-state index in [1.54, 1.807) is 6.92 Å². The van der Waals surface area contributed by atoms with Crippen molar-refractivity contribution >= 4 is 19.8 Å². The maximum absolute atomic E-state index is 13.2. The van der Waals surface area contributed by atoms with Gasteiger partial charge in [0.2, 0.25) is 0 Å². The molecule has 0 bridgehead atoms. The molecule has 7 atom stereocenters. The molecule has 0 spiro atoms. The summed E-state index contributed by atoms with van der Waals surface area (Å²) in [4.78, 5) is 20.5. The van der Waals surface area contributed by atoms with Crippen LogP contribution in [0.5, 0.6) is 0 Å². The van der Waals surface area contributed by atoms with Gasteiger partial charge in [-0.25, -0.2) is 9.97 Å². The molecule has 3 aliphatic rings. The number of hydrogen-bond donors (Lipinski definition) is 5. The molecule has 3 aliphatic heterocycles. The van der Waals surface area contributed by atoms with E-state index >= 15 is 0 Å². The number of nitrogens with zero attached hydrogens (tertiary/aromatic N) is 2. The maximum atomic E-state index is 13.2. The summed E-state index contributed by atoms with van der Waals surface area (Å²) in [5.41, 5.74) is -2.53. The number of aromatic amines is 1. The number of hydrogen-bond acceptors (Lipinski definition) is 9. The third-order valence-electron chi connectivity index (χ3n) is 6.84. The van der Waals surface area contributed by atoms with Crippen LogP contribution in [0.4, 0.5) is 13.2 Å². The van der Waals surface area contributed by atoms with E-state index in [4.69, 9.17) is 21.5 Å². The van der Waals surface area contributed by atoms with Crippen LogP contribution in [0.2, 0.25) is 0 Å². The van der Waals surface area contributed by atoms with Gasteiger partial charge in [-0.1, -0.05) is 26.1 Å². The number of aryl methyl sites for hydroxylation is 1. The van der Waals surface area contributed by atoms with E-state index in [9.17, 15) is 37.9 Å². The lowest BCUT2D eigenvalue weighted by atomic mass is 9.92. The Hall–Kier alpha value is -1.51. The molecule has 37 heavy (non-hydrogen) atoms. The number of H-pyrrole nitrogens is 1. The number of ether oxygens (including phenoxy) is 1. The lowest BCUT2D eigenvalue weighted by Crippen LogP contribution is -2.40. The summed E-state index contributed by atoms with van der Waals surface area (Å²) in [6.45, 7) is 7.11. The molecule has 0 amide bonds. The van der Waals surface area contributed by atoms with Gasteiger partial charge >= 0.3 is 13.8 Å². The standard InChI is InChI=1S/C22H31F3N3O7PS/c1-6-20(4,35-36(32,33)21(5,31)7-2)9-13-14(29)15(30)16(34-13)11-8-12-18(28-19(11)37)27-17(10(3)26-12)22(23,24)25/h8,13-16,29-31H,6-7,9H2,1-5H3,(H,32,33)(H,27,28,37)/t13-,14?,15+,16+,20?,21?/m1/s1. The maximum Gasteiger partial charge on any atom is 0.433 e. The lowest BCUT2D eigenvalue weighted by Gasteiger charge is -2.37. The van der Waals surface area contributed by atoms with Crippen molar-refractivity contribution in [2.45, 2.75) is 95.4 Å². The van der Waals surface area contributed by atoms with Gasteiger partial charge in [0.1, 0.15) is 34.3 Å². The molecule has 5 N–H and O–H groups in total. The zero-order chi connectivity index (χ0) is 28.1. The molecule has 3 rings (SSSR count). The van der Waals surface area contributed by atoms with Gasteiger partial charge in [0.15, 0.2) is 11.2 Å². The second-order valence-corrected chi connectivity index (χ2v) is 12.3. The fourth-order valence-electron chi connectivity index (χ4n) is 4.05. The number of aliphatic hydroxyl groups is 3. The molecular weight excluding hydrogens is 538 g/mol. The highest BCUT2D eigenvalue weighted by molar-refractivity contribution is 7.71. The van der Waals surface area contributed by atoms with E-state index in [0.717, 1.165) is 0 Å². The van der Waals surface area contributed by atoms with Crippen molar-refractivity contribution in [2.24, 2.45) is 0 Å². The van der Waals surface area contributed by atoms with E-state index in [1.165, 1.54) is 33.8 Å². The zero-order valence-corrected chi connectivity index (χ0v) is 22.6. The molecule has 0 aromatic heterocycles. The molecule has 0 aromatic rings. The quantitative estimate of drug-likeness (QED) is 0.232. The van der Waals surface area contributed by atoms with Crippen LogP contribution >= 0.6 is 19.8 Å². The van der Waals surface area contributed by atoms with Gasteiger partial charge in [0.25, 0.3) is 0 Å². The number of halogens is 3. The molecule has 1 saturated heterocycles. The highest BCUT2D eigenvalue weighted by Gasteiger charge is 2.51. The third kappa shape index (κ3) is 5.91. The van der Waals surface area contributed by atoms with Crippen LogP contribution in [0.1, 0.15) is 70.0 Å². The average molecular weight is 570 g/mol. The number of rotatable bonds is 8. The van der Waals surface area contributed by atoms with E-state index in [1.807, 2.05) is 0 Å². The summed E-state index contributed by atoms with van der Waals surface area (Å²) in [5, 5.41) is 29.8. The number of nitrogens with one attached hydrogen (secondary N) is 1. The van der Waals surface area contributed by atoms with Crippen molar-refractivity contribution in [1.82, 2.24) is 15.0 Å². The highest BCUT2D eigenvalue weighted by Crippen LogP contribution is 2.59. The normalized spacial score (nSPS) is 27.6. The van der Waals surface area contributed by atoms with Gasteiger partial charge in [-0.15, -0.1) is 0 Å². The minimum atomic E-state index is -4.67. The van der Waals surface area contributed by atoms with Crippen molar-refractivity contribution in [2.75, 3.05) is 0 Å². The first kappa shape index (κ1) is 30.0. The minimum Gasteiger partial charge on any atom is -0.388 e. The Balaban J connectivity index is 1.91. The van der Waals surface area contributed by atoms with Crippen molar-refractivity contribution < 1.29 is 47.2 Å². The predicted molar refractivity (Wildman–Crippen MR) is 128 cm³/mol. The molecule has 208 valence electrons. The first-order chi connectivity index (χ1) is 16.9.